The fourth-order valence-electron chi connectivity index (χ4n) is 1.63. The van der Waals surface area contributed by atoms with Crippen molar-refractivity contribution in [3.8, 4) is 6.07 Å². The molecule has 1 aromatic heterocycles. The molecule has 0 bridgehead atoms. The molecular formula is C13H10FN3O. The molecule has 1 atom stereocenters. The summed E-state index contributed by atoms with van der Waals surface area (Å²) < 4.78 is 14.4. The summed E-state index contributed by atoms with van der Waals surface area (Å²) in [5.41, 5.74) is 0.697. The van der Waals surface area contributed by atoms with Crippen molar-refractivity contribution in [2.45, 2.75) is 5.92 Å². The Kier molecular flexibility index (Phi) is 3.20. The van der Waals surface area contributed by atoms with Gasteiger partial charge in [-0.3, -0.25) is 4.79 Å². The summed E-state index contributed by atoms with van der Waals surface area (Å²) in [5.74, 6) is -1.74. The van der Waals surface area contributed by atoms with Crippen molar-refractivity contribution in [1.29, 1.82) is 5.26 Å². The molecule has 18 heavy (non-hydrogen) atoms. The Balaban J connectivity index is 2.32. The third-order valence-corrected chi connectivity index (χ3v) is 2.55. The molecule has 0 aliphatic heterocycles. The maximum Gasteiger partial charge on any atom is 0.204 e. The Morgan fingerprint density at radius 1 is 1.44 bits per heavy atom. The average molecular weight is 243 g/mol. The second-order valence-electron chi connectivity index (χ2n) is 3.90. The lowest BCUT2D eigenvalue weighted by molar-refractivity contribution is 0.0974. The van der Waals surface area contributed by atoms with Crippen LogP contribution in [0.4, 0.5) is 4.39 Å². The lowest BCUT2D eigenvalue weighted by atomic mass is 9.95. The van der Waals surface area contributed by atoms with E-state index in [1.54, 1.807) is 17.8 Å². The molecule has 0 aliphatic carbocycles. The van der Waals surface area contributed by atoms with E-state index in [2.05, 4.69) is 4.98 Å². The van der Waals surface area contributed by atoms with E-state index in [0.717, 1.165) is 0 Å². The van der Waals surface area contributed by atoms with Crippen LogP contribution in [0.2, 0.25) is 0 Å². The number of nitrogens with zero attached hydrogens (tertiary/aromatic N) is 3. The van der Waals surface area contributed by atoms with E-state index in [1.807, 2.05) is 6.07 Å². The first kappa shape index (κ1) is 12.0. The maximum atomic E-state index is 12.8. The molecule has 4 nitrogen and oxygen atoms in total. The van der Waals surface area contributed by atoms with E-state index in [4.69, 9.17) is 5.26 Å². The Bertz CT molecular complexity index is 610. The lowest BCUT2D eigenvalue weighted by Gasteiger charge is -2.06. The van der Waals surface area contributed by atoms with Crippen LogP contribution in [0.25, 0.3) is 0 Å². The molecule has 0 saturated heterocycles. The second-order valence-corrected chi connectivity index (χ2v) is 3.90. The van der Waals surface area contributed by atoms with Crippen molar-refractivity contribution < 1.29 is 9.18 Å². The van der Waals surface area contributed by atoms with Gasteiger partial charge in [-0.15, -0.1) is 0 Å². The highest BCUT2D eigenvalue weighted by molar-refractivity contribution is 6.01. The number of rotatable bonds is 3. The zero-order chi connectivity index (χ0) is 13.1. The summed E-state index contributed by atoms with van der Waals surface area (Å²) in [6.45, 7) is 0. The van der Waals surface area contributed by atoms with Crippen molar-refractivity contribution in [2.75, 3.05) is 0 Å². The minimum atomic E-state index is -0.958. The summed E-state index contributed by atoms with van der Waals surface area (Å²) in [5, 5.41) is 9.09. The van der Waals surface area contributed by atoms with Gasteiger partial charge in [-0.05, 0) is 17.7 Å². The fraction of sp³-hybridized carbons (Fsp3) is 0.154. The van der Waals surface area contributed by atoms with E-state index in [0.29, 0.717) is 5.56 Å². The molecule has 0 radical (unpaired) electrons. The van der Waals surface area contributed by atoms with E-state index in [-0.39, 0.29) is 11.5 Å². The Morgan fingerprint density at radius 3 is 2.61 bits per heavy atom. The van der Waals surface area contributed by atoms with Gasteiger partial charge in [-0.2, -0.15) is 5.26 Å². The van der Waals surface area contributed by atoms with Gasteiger partial charge in [0.15, 0.2) is 0 Å². The molecule has 2 rings (SSSR count). The third-order valence-electron chi connectivity index (χ3n) is 2.55. The van der Waals surface area contributed by atoms with Crippen molar-refractivity contribution in [3.05, 3.63) is 53.9 Å². The minimum absolute atomic E-state index is 0.230. The number of carbonyl (C=O) groups is 1. The van der Waals surface area contributed by atoms with Gasteiger partial charge in [0.05, 0.1) is 12.4 Å². The topological polar surface area (TPSA) is 58.7 Å². The predicted molar refractivity (Wildman–Crippen MR) is 62.3 cm³/mol. The van der Waals surface area contributed by atoms with E-state index >= 15 is 0 Å². The highest BCUT2D eigenvalue weighted by Crippen LogP contribution is 2.19. The van der Waals surface area contributed by atoms with Crippen LogP contribution in [0.3, 0.4) is 0 Å². The van der Waals surface area contributed by atoms with Gasteiger partial charge in [0.25, 0.3) is 0 Å². The predicted octanol–water partition coefficient (Wildman–Crippen LogP) is 2.05. The second kappa shape index (κ2) is 4.80. The van der Waals surface area contributed by atoms with Gasteiger partial charge in [-0.1, -0.05) is 12.1 Å². The summed E-state index contributed by atoms with van der Waals surface area (Å²) in [4.78, 5) is 16.0. The van der Waals surface area contributed by atoms with Crippen LogP contribution < -0.4 is 0 Å². The van der Waals surface area contributed by atoms with Crippen molar-refractivity contribution in [2.24, 2.45) is 7.05 Å². The number of carbonyl (C=O) groups excluding carboxylic acids is 1. The molecule has 90 valence electrons. The third kappa shape index (κ3) is 2.28. The molecule has 1 unspecified atom stereocenters. The van der Waals surface area contributed by atoms with Gasteiger partial charge in [0.1, 0.15) is 17.4 Å². The number of aryl methyl sites for hydroxylation is 1. The first-order chi connectivity index (χ1) is 8.61. The fourth-order valence-corrected chi connectivity index (χ4v) is 1.63. The molecule has 5 heteroatoms. The number of aromatic nitrogens is 2. The SMILES string of the molecule is Cn1cnc(C(=O)C(C#N)c2ccc(F)cc2)c1. The van der Waals surface area contributed by atoms with Crippen LogP contribution in [-0.4, -0.2) is 15.3 Å². The monoisotopic (exact) mass is 243 g/mol. The molecule has 0 aliphatic rings. The van der Waals surface area contributed by atoms with Gasteiger partial charge >= 0.3 is 0 Å². The highest BCUT2D eigenvalue weighted by Gasteiger charge is 2.23. The normalized spacial score (nSPS) is 11.8. The first-order valence-electron chi connectivity index (χ1n) is 5.29. The van der Waals surface area contributed by atoms with Crippen molar-refractivity contribution >= 4 is 5.78 Å². The number of benzene rings is 1. The highest BCUT2D eigenvalue weighted by atomic mass is 19.1. The van der Waals surface area contributed by atoms with E-state index in [9.17, 15) is 9.18 Å². The lowest BCUT2D eigenvalue weighted by Crippen LogP contribution is -2.11. The quantitative estimate of drug-likeness (QED) is 0.775. The van der Waals surface area contributed by atoms with Crippen LogP contribution in [0, 0.1) is 17.1 Å². The van der Waals surface area contributed by atoms with E-state index < -0.39 is 11.7 Å². The number of Topliss-reactive ketones (excluding diaryl/α,β-unsaturated/α-hetero) is 1. The van der Waals surface area contributed by atoms with Crippen molar-refractivity contribution in [1.82, 2.24) is 9.55 Å². The minimum Gasteiger partial charge on any atom is -0.340 e. The van der Waals surface area contributed by atoms with E-state index in [1.165, 1.54) is 30.6 Å². The van der Waals surface area contributed by atoms with Gasteiger partial charge in [0, 0.05) is 13.2 Å². The van der Waals surface area contributed by atoms with Crippen LogP contribution >= 0.6 is 0 Å². The van der Waals surface area contributed by atoms with Gasteiger partial charge < -0.3 is 4.57 Å². The zero-order valence-corrected chi connectivity index (χ0v) is 9.67. The molecule has 0 saturated carbocycles. The first-order valence-corrected chi connectivity index (χ1v) is 5.29. The number of ketones is 1. The molecule has 2 aromatic rings. The summed E-state index contributed by atoms with van der Waals surface area (Å²) in [7, 11) is 1.74. The number of hydrogen-bond donors (Lipinski definition) is 0. The van der Waals surface area contributed by atoms with Crippen LogP contribution in [0.1, 0.15) is 22.0 Å². The van der Waals surface area contributed by atoms with Crippen LogP contribution in [-0.2, 0) is 7.05 Å². The molecule has 1 heterocycles. The average Bonchev–Trinajstić information content (AvgIpc) is 2.79. The Hall–Kier alpha value is -2.48. The maximum absolute atomic E-state index is 12.8. The zero-order valence-electron chi connectivity index (χ0n) is 9.67. The summed E-state index contributed by atoms with van der Waals surface area (Å²) in [6.07, 6.45) is 3.04. The standard InChI is InChI=1S/C13H10FN3O/c1-17-7-12(16-8-17)13(18)11(6-15)9-2-4-10(14)5-3-9/h2-5,7-8,11H,1H3. The Morgan fingerprint density at radius 2 is 2.11 bits per heavy atom. The Labute approximate surface area is 103 Å². The van der Waals surface area contributed by atoms with Gasteiger partial charge in [-0.25, -0.2) is 9.37 Å². The molecule has 1 aromatic carbocycles. The summed E-state index contributed by atoms with van der Waals surface area (Å²) >= 11 is 0. The van der Waals surface area contributed by atoms with Crippen LogP contribution in [0.5, 0.6) is 0 Å². The number of halogens is 1. The number of nitriles is 1. The van der Waals surface area contributed by atoms with Gasteiger partial charge in [0.2, 0.25) is 5.78 Å². The number of imidazole rings is 1. The molecular weight excluding hydrogens is 233 g/mol. The number of hydrogen-bond acceptors (Lipinski definition) is 3. The molecule has 0 N–H and O–H groups in total. The molecule has 0 amide bonds. The molecule has 0 fully saturated rings. The smallest absolute Gasteiger partial charge is 0.204 e. The largest absolute Gasteiger partial charge is 0.340 e. The van der Waals surface area contributed by atoms with Crippen molar-refractivity contribution in [3.63, 3.8) is 0 Å². The molecule has 0 spiro atoms. The van der Waals surface area contributed by atoms with Crippen LogP contribution in [0.15, 0.2) is 36.8 Å². The summed E-state index contributed by atoms with van der Waals surface area (Å²) in [6, 6.07) is 7.25.